The van der Waals surface area contributed by atoms with E-state index in [0.29, 0.717) is 23.7 Å². The van der Waals surface area contributed by atoms with E-state index in [1.807, 2.05) is 30.3 Å². The summed E-state index contributed by atoms with van der Waals surface area (Å²) in [4.78, 5) is 22.4. The van der Waals surface area contributed by atoms with Gasteiger partial charge in [0.2, 0.25) is 0 Å². The Balaban J connectivity index is 2.22. The van der Waals surface area contributed by atoms with Crippen molar-refractivity contribution in [3.63, 3.8) is 0 Å². The average molecular weight is 326 g/mol. The van der Waals surface area contributed by atoms with Gasteiger partial charge < -0.3 is 14.2 Å². The van der Waals surface area contributed by atoms with Crippen LogP contribution in [0.2, 0.25) is 0 Å². The van der Waals surface area contributed by atoms with E-state index >= 15 is 0 Å². The Kier molecular flexibility index (Phi) is 6.14. The van der Waals surface area contributed by atoms with Gasteiger partial charge in [-0.05, 0) is 29.8 Å². The molecular weight excluding hydrogens is 308 g/mol. The van der Waals surface area contributed by atoms with Crippen LogP contribution in [0.15, 0.2) is 54.6 Å². The molecule has 0 aliphatic carbocycles. The Hall–Kier alpha value is -3.08. The zero-order valence-corrected chi connectivity index (χ0v) is 13.5. The van der Waals surface area contributed by atoms with E-state index in [9.17, 15) is 9.59 Å². The van der Waals surface area contributed by atoms with Gasteiger partial charge in [-0.15, -0.1) is 0 Å². The first-order chi connectivity index (χ1) is 11.6. The topological polar surface area (TPSA) is 61.8 Å². The van der Waals surface area contributed by atoms with Crippen LogP contribution in [0.4, 0.5) is 0 Å². The Morgan fingerprint density at radius 3 is 2.50 bits per heavy atom. The SMILES string of the molecule is COC(=O)C=Cc1cc(OC(C)=O)ccc1OCc1ccccc1. The van der Waals surface area contributed by atoms with E-state index in [2.05, 4.69) is 4.74 Å². The maximum absolute atomic E-state index is 11.3. The van der Waals surface area contributed by atoms with Crippen LogP contribution in [-0.2, 0) is 20.9 Å². The first kappa shape index (κ1) is 17.3. The highest BCUT2D eigenvalue weighted by Crippen LogP contribution is 2.26. The minimum Gasteiger partial charge on any atom is -0.488 e. The molecule has 2 aromatic carbocycles. The quantitative estimate of drug-likeness (QED) is 0.463. The van der Waals surface area contributed by atoms with E-state index in [1.54, 1.807) is 24.3 Å². The van der Waals surface area contributed by atoms with Gasteiger partial charge in [-0.3, -0.25) is 4.79 Å². The zero-order chi connectivity index (χ0) is 17.4. The molecule has 0 spiro atoms. The van der Waals surface area contributed by atoms with E-state index < -0.39 is 11.9 Å². The summed E-state index contributed by atoms with van der Waals surface area (Å²) < 4.78 is 15.5. The summed E-state index contributed by atoms with van der Waals surface area (Å²) in [7, 11) is 1.30. The van der Waals surface area contributed by atoms with Gasteiger partial charge in [0.05, 0.1) is 7.11 Å². The zero-order valence-electron chi connectivity index (χ0n) is 13.5. The van der Waals surface area contributed by atoms with Crippen LogP contribution in [0, 0.1) is 0 Å². The van der Waals surface area contributed by atoms with Crippen molar-refractivity contribution in [2.45, 2.75) is 13.5 Å². The second-order valence-corrected chi connectivity index (χ2v) is 4.92. The summed E-state index contributed by atoms with van der Waals surface area (Å²) >= 11 is 0. The van der Waals surface area contributed by atoms with Gasteiger partial charge in [0.1, 0.15) is 18.1 Å². The lowest BCUT2D eigenvalue weighted by atomic mass is 10.1. The Bertz CT molecular complexity index is 735. The van der Waals surface area contributed by atoms with E-state index in [-0.39, 0.29) is 0 Å². The van der Waals surface area contributed by atoms with Crippen molar-refractivity contribution in [2.75, 3.05) is 7.11 Å². The number of hydrogen-bond acceptors (Lipinski definition) is 5. The summed E-state index contributed by atoms with van der Waals surface area (Å²) in [5, 5.41) is 0. The van der Waals surface area contributed by atoms with Gasteiger partial charge >= 0.3 is 11.9 Å². The highest BCUT2D eigenvalue weighted by molar-refractivity contribution is 5.87. The molecular formula is C19H18O5. The number of ether oxygens (including phenoxy) is 3. The van der Waals surface area contributed by atoms with Crippen LogP contribution in [0.3, 0.4) is 0 Å². The molecule has 0 radical (unpaired) electrons. The number of benzene rings is 2. The third-order valence-corrected chi connectivity index (χ3v) is 3.08. The van der Waals surface area contributed by atoms with Crippen molar-refractivity contribution < 1.29 is 23.8 Å². The maximum atomic E-state index is 11.3. The largest absolute Gasteiger partial charge is 0.488 e. The van der Waals surface area contributed by atoms with Crippen molar-refractivity contribution in [1.82, 2.24) is 0 Å². The van der Waals surface area contributed by atoms with Crippen LogP contribution in [0.5, 0.6) is 11.5 Å². The molecule has 0 heterocycles. The Labute approximate surface area is 140 Å². The molecule has 0 aromatic heterocycles. The molecule has 0 bridgehead atoms. The van der Waals surface area contributed by atoms with Gasteiger partial charge in [0.25, 0.3) is 0 Å². The Morgan fingerprint density at radius 1 is 1.08 bits per heavy atom. The summed E-state index contributed by atoms with van der Waals surface area (Å²) in [6.45, 7) is 1.70. The Morgan fingerprint density at radius 2 is 1.83 bits per heavy atom. The van der Waals surface area contributed by atoms with Gasteiger partial charge in [-0.2, -0.15) is 0 Å². The van der Waals surface area contributed by atoms with Crippen LogP contribution in [-0.4, -0.2) is 19.0 Å². The molecule has 0 atom stereocenters. The predicted molar refractivity (Wildman–Crippen MR) is 89.6 cm³/mol. The van der Waals surface area contributed by atoms with Crippen LogP contribution >= 0.6 is 0 Å². The standard InChI is InChI=1S/C19H18O5/c1-14(20)24-17-9-10-18(16(12-17)8-11-19(21)22-2)23-13-15-6-4-3-5-7-15/h3-12H,13H2,1-2H3. The number of carbonyl (C=O) groups excluding carboxylic acids is 2. The molecule has 2 rings (SSSR count). The van der Waals surface area contributed by atoms with Crippen molar-refractivity contribution in [1.29, 1.82) is 0 Å². The van der Waals surface area contributed by atoms with Crippen molar-refractivity contribution in [2.24, 2.45) is 0 Å². The molecule has 0 saturated carbocycles. The highest BCUT2D eigenvalue weighted by atomic mass is 16.5. The second-order valence-electron chi connectivity index (χ2n) is 4.92. The monoisotopic (exact) mass is 326 g/mol. The van der Waals surface area contributed by atoms with Gasteiger partial charge in [0.15, 0.2) is 0 Å². The molecule has 0 N–H and O–H groups in total. The number of methoxy groups -OCH3 is 1. The number of carbonyl (C=O) groups is 2. The first-order valence-corrected chi connectivity index (χ1v) is 7.33. The van der Waals surface area contributed by atoms with Gasteiger partial charge in [-0.25, -0.2) is 4.79 Å². The van der Waals surface area contributed by atoms with Gasteiger partial charge in [0, 0.05) is 18.6 Å². The fourth-order valence-electron chi connectivity index (χ4n) is 1.98. The van der Waals surface area contributed by atoms with Gasteiger partial charge in [-0.1, -0.05) is 30.3 Å². The third kappa shape index (κ3) is 5.28. The lowest BCUT2D eigenvalue weighted by Crippen LogP contribution is -2.02. The third-order valence-electron chi connectivity index (χ3n) is 3.08. The normalized spacial score (nSPS) is 10.4. The molecule has 0 aliphatic rings. The summed E-state index contributed by atoms with van der Waals surface area (Å²) in [6.07, 6.45) is 2.83. The summed E-state index contributed by atoms with van der Waals surface area (Å²) in [6, 6.07) is 14.7. The highest BCUT2D eigenvalue weighted by Gasteiger charge is 2.07. The molecule has 5 heteroatoms. The van der Waals surface area contributed by atoms with E-state index in [1.165, 1.54) is 20.1 Å². The van der Waals surface area contributed by atoms with Crippen LogP contribution in [0.1, 0.15) is 18.1 Å². The average Bonchev–Trinajstić information content (AvgIpc) is 2.59. The molecule has 0 amide bonds. The summed E-state index contributed by atoms with van der Waals surface area (Å²) in [5.74, 6) is 0.0340. The molecule has 0 saturated heterocycles. The van der Waals surface area contributed by atoms with Crippen LogP contribution in [0.25, 0.3) is 6.08 Å². The number of rotatable bonds is 6. The van der Waals surface area contributed by atoms with Crippen LogP contribution < -0.4 is 9.47 Å². The maximum Gasteiger partial charge on any atom is 0.330 e. The first-order valence-electron chi connectivity index (χ1n) is 7.33. The number of esters is 2. The molecule has 2 aromatic rings. The predicted octanol–water partition coefficient (Wildman–Crippen LogP) is 3.38. The summed E-state index contributed by atoms with van der Waals surface area (Å²) in [5.41, 5.74) is 1.62. The minimum atomic E-state index is -0.484. The molecule has 24 heavy (non-hydrogen) atoms. The molecule has 124 valence electrons. The fourth-order valence-corrected chi connectivity index (χ4v) is 1.98. The van der Waals surface area contributed by atoms with Crippen molar-refractivity contribution >= 4 is 18.0 Å². The van der Waals surface area contributed by atoms with E-state index in [0.717, 1.165) is 5.56 Å². The molecule has 0 fully saturated rings. The molecule has 0 unspecified atom stereocenters. The molecule has 0 aliphatic heterocycles. The molecule has 5 nitrogen and oxygen atoms in total. The lowest BCUT2D eigenvalue weighted by Gasteiger charge is -2.11. The smallest absolute Gasteiger partial charge is 0.330 e. The second kappa shape index (κ2) is 8.53. The lowest BCUT2D eigenvalue weighted by molar-refractivity contribution is -0.135. The number of hydrogen-bond donors (Lipinski definition) is 0. The van der Waals surface area contributed by atoms with Crippen molar-refractivity contribution in [3.05, 3.63) is 65.7 Å². The van der Waals surface area contributed by atoms with E-state index in [4.69, 9.17) is 9.47 Å². The van der Waals surface area contributed by atoms with Crippen molar-refractivity contribution in [3.8, 4) is 11.5 Å². The minimum absolute atomic E-state index is 0.374. The fraction of sp³-hybridized carbons (Fsp3) is 0.158.